The Kier molecular flexibility index (Phi) is 9.54. The molecule has 1 fully saturated rings. The highest BCUT2D eigenvalue weighted by Gasteiger charge is 2.34. The van der Waals surface area contributed by atoms with Crippen LogP contribution in [0.15, 0.2) is 17.1 Å². The van der Waals surface area contributed by atoms with Gasteiger partial charge in [-0.2, -0.15) is 0 Å². The third-order valence-electron chi connectivity index (χ3n) is 4.49. The van der Waals surface area contributed by atoms with Crippen LogP contribution < -0.4 is 10.6 Å². The number of thiophene rings is 1. The monoisotopic (exact) mass is 466 g/mol. The largest absolute Gasteiger partial charge is 0.381 e. The number of hydrogen-bond acceptors (Lipinski definition) is 4. The fourth-order valence-corrected chi connectivity index (χ4v) is 3.67. The molecule has 7 heteroatoms. The van der Waals surface area contributed by atoms with E-state index >= 15 is 0 Å². The van der Waals surface area contributed by atoms with Gasteiger partial charge in [0.25, 0.3) is 0 Å². The number of nitrogens with zero attached hydrogens (tertiary/aromatic N) is 2. The van der Waals surface area contributed by atoms with Crippen molar-refractivity contribution in [2.75, 3.05) is 40.4 Å². The van der Waals surface area contributed by atoms with Gasteiger partial charge in [0.2, 0.25) is 0 Å². The summed E-state index contributed by atoms with van der Waals surface area (Å²) in [6, 6.07) is 4.31. The lowest BCUT2D eigenvalue weighted by molar-refractivity contribution is -0.00501. The third-order valence-corrected chi connectivity index (χ3v) is 5.48. The van der Waals surface area contributed by atoms with Gasteiger partial charge in [0, 0.05) is 41.6 Å². The SMILES string of the molecule is CCNC(=NCc1ccc(C)s1)NCC1(N(C)C)CCOCC1.I. The van der Waals surface area contributed by atoms with Crippen molar-refractivity contribution in [2.45, 2.75) is 38.8 Å². The van der Waals surface area contributed by atoms with E-state index in [0.717, 1.165) is 51.6 Å². The van der Waals surface area contributed by atoms with Crippen LogP contribution >= 0.6 is 35.3 Å². The van der Waals surface area contributed by atoms with Crippen LogP contribution in [0.1, 0.15) is 29.5 Å². The van der Waals surface area contributed by atoms with Crippen molar-refractivity contribution in [2.24, 2.45) is 4.99 Å². The predicted octanol–water partition coefficient (Wildman–Crippen LogP) is 2.84. The number of aryl methyl sites for hydroxylation is 1. The molecule has 1 saturated heterocycles. The highest BCUT2D eigenvalue weighted by molar-refractivity contribution is 14.0. The molecule has 1 aliphatic heterocycles. The molecule has 0 unspecified atom stereocenters. The second-order valence-electron chi connectivity index (χ2n) is 6.29. The van der Waals surface area contributed by atoms with Crippen molar-refractivity contribution in [1.29, 1.82) is 0 Å². The van der Waals surface area contributed by atoms with Crippen LogP contribution in [0.4, 0.5) is 0 Å². The van der Waals surface area contributed by atoms with Crippen LogP contribution in [0.25, 0.3) is 0 Å². The number of nitrogens with one attached hydrogen (secondary N) is 2. The molecule has 0 spiro atoms. The van der Waals surface area contributed by atoms with E-state index in [9.17, 15) is 0 Å². The molecule has 1 aromatic rings. The van der Waals surface area contributed by atoms with E-state index in [1.54, 1.807) is 0 Å². The molecular weight excluding hydrogens is 435 g/mol. The van der Waals surface area contributed by atoms with Gasteiger partial charge in [-0.3, -0.25) is 0 Å². The van der Waals surface area contributed by atoms with Gasteiger partial charge in [-0.25, -0.2) is 4.99 Å². The summed E-state index contributed by atoms with van der Waals surface area (Å²) in [5.74, 6) is 0.895. The standard InChI is InChI=1S/C17H30N4OS.HI/c1-5-18-16(19-12-15-7-6-14(2)23-15)20-13-17(21(3)4)8-10-22-11-9-17;/h6-7H,5,8-13H2,1-4H3,(H2,18,19,20);1H. The molecule has 0 atom stereocenters. The Morgan fingerprint density at radius 1 is 1.29 bits per heavy atom. The molecule has 1 aliphatic rings. The van der Waals surface area contributed by atoms with Gasteiger partial charge in [0.15, 0.2) is 5.96 Å². The molecular formula is C17H31IN4OS. The highest BCUT2D eigenvalue weighted by atomic mass is 127. The Morgan fingerprint density at radius 2 is 2.00 bits per heavy atom. The van der Waals surface area contributed by atoms with Crippen LogP contribution in [0.3, 0.4) is 0 Å². The van der Waals surface area contributed by atoms with E-state index in [4.69, 9.17) is 9.73 Å². The zero-order valence-electron chi connectivity index (χ0n) is 15.2. The number of guanidine groups is 1. The Morgan fingerprint density at radius 3 is 2.54 bits per heavy atom. The minimum Gasteiger partial charge on any atom is -0.381 e. The lowest BCUT2D eigenvalue weighted by Crippen LogP contribution is -2.57. The molecule has 0 bridgehead atoms. The van der Waals surface area contributed by atoms with E-state index in [1.807, 2.05) is 11.3 Å². The van der Waals surface area contributed by atoms with Crippen LogP contribution in [-0.4, -0.2) is 56.8 Å². The Bertz CT molecular complexity index is 512. The number of likely N-dealkylation sites (N-methyl/N-ethyl adjacent to an activating group) is 1. The molecule has 0 aromatic carbocycles. The normalized spacial score (nSPS) is 17.5. The van der Waals surface area contributed by atoms with Crippen molar-refractivity contribution in [1.82, 2.24) is 15.5 Å². The molecule has 2 heterocycles. The molecule has 24 heavy (non-hydrogen) atoms. The second kappa shape index (κ2) is 10.6. The van der Waals surface area contributed by atoms with Gasteiger partial charge >= 0.3 is 0 Å². The number of hydrogen-bond donors (Lipinski definition) is 2. The van der Waals surface area contributed by atoms with E-state index in [-0.39, 0.29) is 29.5 Å². The topological polar surface area (TPSA) is 48.9 Å². The molecule has 0 saturated carbocycles. The summed E-state index contributed by atoms with van der Waals surface area (Å²) in [5.41, 5.74) is 0.147. The van der Waals surface area contributed by atoms with E-state index in [2.05, 4.69) is 55.6 Å². The maximum absolute atomic E-state index is 5.54. The van der Waals surface area contributed by atoms with Gasteiger partial charge in [-0.15, -0.1) is 35.3 Å². The number of ether oxygens (including phenoxy) is 1. The smallest absolute Gasteiger partial charge is 0.191 e. The van der Waals surface area contributed by atoms with Crippen LogP contribution in [0, 0.1) is 6.92 Å². The Labute approximate surface area is 167 Å². The highest BCUT2D eigenvalue weighted by Crippen LogP contribution is 2.25. The van der Waals surface area contributed by atoms with Gasteiger partial charge in [-0.1, -0.05) is 0 Å². The summed E-state index contributed by atoms with van der Waals surface area (Å²) in [6.07, 6.45) is 2.10. The van der Waals surface area contributed by atoms with Crippen LogP contribution in [0.2, 0.25) is 0 Å². The van der Waals surface area contributed by atoms with Gasteiger partial charge < -0.3 is 20.3 Å². The molecule has 0 aliphatic carbocycles. The molecule has 2 N–H and O–H groups in total. The first-order valence-corrected chi connectivity index (χ1v) is 9.20. The lowest BCUT2D eigenvalue weighted by Gasteiger charge is -2.43. The molecule has 0 radical (unpaired) electrons. The average molecular weight is 466 g/mol. The van der Waals surface area contributed by atoms with E-state index < -0.39 is 0 Å². The summed E-state index contributed by atoms with van der Waals surface area (Å²) in [6.45, 7) is 8.39. The molecule has 0 amide bonds. The van der Waals surface area contributed by atoms with Crippen LogP contribution in [0.5, 0.6) is 0 Å². The quantitative estimate of drug-likeness (QED) is 0.385. The number of halogens is 1. The summed E-state index contributed by atoms with van der Waals surface area (Å²) in [5, 5.41) is 6.89. The maximum atomic E-state index is 5.54. The summed E-state index contributed by atoms with van der Waals surface area (Å²) >= 11 is 1.81. The number of aliphatic imine (C=N–C) groups is 1. The zero-order valence-corrected chi connectivity index (χ0v) is 18.4. The summed E-state index contributed by atoms with van der Waals surface area (Å²) < 4.78 is 5.54. The van der Waals surface area contributed by atoms with Crippen molar-refractivity contribution in [3.05, 3.63) is 21.9 Å². The van der Waals surface area contributed by atoms with Gasteiger partial charge in [0.05, 0.1) is 6.54 Å². The second-order valence-corrected chi connectivity index (χ2v) is 7.66. The Hall–Kier alpha value is -0.380. The number of rotatable bonds is 6. The first-order valence-electron chi connectivity index (χ1n) is 8.38. The molecule has 2 rings (SSSR count). The minimum absolute atomic E-state index is 0. The van der Waals surface area contributed by atoms with E-state index in [1.165, 1.54) is 9.75 Å². The average Bonchev–Trinajstić information content (AvgIpc) is 2.96. The van der Waals surface area contributed by atoms with E-state index in [0.29, 0.717) is 0 Å². The fourth-order valence-electron chi connectivity index (χ4n) is 2.85. The zero-order chi connectivity index (χ0) is 16.7. The fraction of sp³-hybridized carbons (Fsp3) is 0.706. The lowest BCUT2D eigenvalue weighted by atomic mass is 9.88. The Balaban J connectivity index is 0.00000288. The first kappa shape index (κ1) is 21.7. The van der Waals surface area contributed by atoms with Crippen molar-refractivity contribution in [3.63, 3.8) is 0 Å². The van der Waals surface area contributed by atoms with Gasteiger partial charge in [-0.05, 0) is 52.9 Å². The third kappa shape index (κ3) is 6.16. The van der Waals surface area contributed by atoms with Crippen molar-refractivity contribution >= 4 is 41.3 Å². The van der Waals surface area contributed by atoms with Crippen LogP contribution in [-0.2, 0) is 11.3 Å². The first-order chi connectivity index (χ1) is 11.1. The predicted molar refractivity (Wildman–Crippen MR) is 114 cm³/mol. The van der Waals surface area contributed by atoms with Crippen molar-refractivity contribution in [3.8, 4) is 0 Å². The minimum atomic E-state index is 0. The van der Waals surface area contributed by atoms with Gasteiger partial charge in [0.1, 0.15) is 0 Å². The summed E-state index contributed by atoms with van der Waals surface area (Å²) in [4.78, 5) is 9.69. The molecule has 1 aromatic heterocycles. The molecule has 138 valence electrons. The summed E-state index contributed by atoms with van der Waals surface area (Å²) in [7, 11) is 4.32. The maximum Gasteiger partial charge on any atom is 0.191 e. The molecule has 5 nitrogen and oxygen atoms in total. The van der Waals surface area contributed by atoms with Crippen molar-refractivity contribution < 1.29 is 4.74 Å².